The van der Waals surface area contributed by atoms with Crippen molar-refractivity contribution in [2.24, 2.45) is 11.8 Å². The number of nitrogen functional groups attached to an aromatic ring is 1. The van der Waals surface area contributed by atoms with Gasteiger partial charge in [0.15, 0.2) is 0 Å². The molecule has 2 rings (SSSR count). The summed E-state index contributed by atoms with van der Waals surface area (Å²) in [4.78, 5) is 11.8. The van der Waals surface area contributed by atoms with Gasteiger partial charge in [0.25, 0.3) is 0 Å². The first-order valence-corrected chi connectivity index (χ1v) is 6.50. The van der Waals surface area contributed by atoms with E-state index in [-0.39, 0.29) is 18.6 Å². The molecule has 100 valence electrons. The van der Waals surface area contributed by atoms with Crippen LogP contribution >= 0.6 is 0 Å². The lowest BCUT2D eigenvalue weighted by atomic mass is 9.82. The van der Waals surface area contributed by atoms with E-state index in [1.807, 2.05) is 0 Å². The lowest BCUT2D eigenvalue weighted by Gasteiger charge is -2.30. The molecule has 1 heterocycles. The van der Waals surface area contributed by atoms with E-state index >= 15 is 0 Å². The molecule has 2 N–H and O–H groups in total. The number of rotatable bonds is 3. The van der Waals surface area contributed by atoms with Crippen LogP contribution in [0, 0.1) is 11.8 Å². The maximum Gasteiger partial charge on any atom is 0.328 e. The van der Waals surface area contributed by atoms with Gasteiger partial charge in [0.1, 0.15) is 12.6 Å². The molecule has 2 atom stereocenters. The Balaban J connectivity index is 1.83. The van der Waals surface area contributed by atoms with Gasteiger partial charge >= 0.3 is 5.97 Å². The highest BCUT2D eigenvalue weighted by Gasteiger charge is 2.26. The number of ether oxygens (including phenoxy) is 1. The van der Waals surface area contributed by atoms with Crippen molar-refractivity contribution in [1.29, 1.82) is 0 Å². The Morgan fingerprint density at radius 2 is 2.11 bits per heavy atom. The standard InChI is InChI=1S/C13H21N3O2/c1-9-3-10(2)5-12(4-9)18-13(17)8-16-7-11(14)6-15-16/h6-7,9-10,12H,3-5,8,14H2,1-2H3. The van der Waals surface area contributed by atoms with E-state index in [0.29, 0.717) is 17.5 Å². The van der Waals surface area contributed by atoms with Crippen molar-refractivity contribution < 1.29 is 9.53 Å². The third kappa shape index (κ3) is 3.48. The van der Waals surface area contributed by atoms with Crippen LogP contribution in [0.2, 0.25) is 0 Å². The van der Waals surface area contributed by atoms with Crippen LogP contribution in [-0.2, 0) is 16.1 Å². The van der Waals surface area contributed by atoms with Crippen molar-refractivity contribution in [3.8, 4) is 0 Å². The molecule has 1 saturated carbocycles. The number of anilines is 1. The summed E-state index contributed by atoms with van der Waals surface area (Å²) < 4.78 is 7.01. The number of carbonyl (C=O) groups is 1. The van der Waals surface area contributed by atoms with E-state index in [1.165, 1.54) is 17.3 Å². The van der Waals surface area contributed by atoms with Gasteiger partial charge in [-0.1, -0.05) is 13.8 Å². The quantitative estimate of drug-likeness (QED) is 0.832. The van der Waals surface area contributed by atoms with Crippen molar-refractivity contribution >= 4 is 11.7 Å². The molecule has 0 aliphatic heterocycles. The van der Waals surface area contributed by atoms with E-state index in [0.717, 1.165) is 12.8 Å². The molecule has 1 aromatic heterocycles. The van der Waals surface area contributed by atoms with E-state index in [9.17, 15) is 4.79 Å². The topological polar surface area (TPSA) is 70.1 Å². The summed E-state index contributed by atoms with van der Waals surface area (Å²) in [6.07, 6.45) is 6.38. The van der Waals surface area contributed by atoms with Crippen LogP contribution in [-0.4, -0.2) is 21.9 Å². The maximum absolute atomic E-state index is 11.8. The van der Waals surface area contributed by atoms with Crippen LogP contribution in [0.25, 0.3) is 0 Å². The number of aromatic nitrogens is 2. The smallest absolute Gasteiger partial charge is 0.328 e. The van der Waals surface area contributed by atoms with E-state index in [2.05, 4.69) is 18.9 Å². The van der Waals surface area contributed by atoms with Gasteiger partial charge in [-0.3, -0.25) is 9.48 Å². The Bertz CT molecular complexity index is 406. The summed E-state index contributed by atoms with van der Waals surface area (Å²) >= 11 is 0. The fourth-order valence-corrected chi connectivity index (χ4v) is 2.79. The van der Waals surface area contributed by atoms with Gasteiger partial charge in [-0.2, -0.15) is 5.10 Å². The van der Waals surface area contributed by atoms with Gasteiger partial charge < -0.3 is 10.5 Å². The molecule has 0 saturated heterocycles. The molecule has 0 aromatic carbocycles. The Morgan fingerprint density at radius 1 is 1.44 bits per heavy atom. The zero-order valence-corrected chi connectivity index (χ0v) is 11.0. The van der Waals surface area contributed by atoms with Gasteiger partial charge in [0.05, 0.1) is 11.9 Å². The molecule has 18 heavy (non-hydrogen) atoms. The predicted octanol–water partition coefficient (Wildman–Crippen LogP) is 1.83. The summed E-state index contributed by atoms with van der Waals surface area (Å²) in [5.41, 5.74) is 6.10. The molecular weight excluding hydrogens is 230 g/mol. The lowest BCUT2D eigenvalue weighted by molar-refractivity contribution is -0.153. The number of hydrogen-bond acceptors (Lipinski definition) is 4. The van der Waals surface area contributed by atoms with Crippen molar-refractivity contribution in [2.45, 2.75) is 45.8 Å². The molecule has 1 aliphatic carbocycles. The molecule has 0 bridgehead atoms. The highest BCUT2D eigenvalue weighted by molar-refractivity contribution is 5.69. The molecule has 1 aromatic rings. The van der Waals surface area contributed by atoms with E-state index in [4.69, 9.17) is 10.5 Å². The number of nitrogens with two attached hydrogens (primary N) is 1. The molecule has 0 amide bonds. The molecule has 5 nitrogen and oxygen atoms in total. The summed E-state index contributed by atoms with van der Waals surface area (Å²) in [5, 5.41) is 3.97. The molecule has 0 spiro atoms. The van der Waals surface area contributed by atoms with Crippen molar-refractivity contribution in [3.05, 3.63) is 12.4 Å². The van der Waals surface area contributed by atoms with Gasteiger partial charge in [-0.25, -0.2) is 0 Å². The number of nitrogens with zero attached hydrogens (tertiary/aromatic N) is 2. The minimum Gasteiger partial charge on any atom is -0.461 e. The second kappa shape index (κ2) is 5.42. The summed E-state index contributed by atoms with van der Waals surface area (Å²) in [6.45, 7) is 4.56. The molecule has 1 fully saturated rings. The van der Waals surface area contributed by atoms with Crippen molar-refractivity contribution in [1.82, 2.24) is 9.78 Å². The van der Waals surface area contributed by atoms with Crippen LogP contribution in [0.4, 0.5) is 5.69 Å². The molecule has 5 heteroatoms. The summed E-state index contributed by atoms with van der Waals surface area (Å²) in [6, 6.07) is 0. The third-order valence-corrected chi connectivity index (χ3v) is 3.38. The molecule has 0 radical (unpaired) electrons. The Labute approximate surface area is 107 Å². The largest absolute Gasteiger partial charge is 0.461 e. The Morgan fingerprint density at radius 3 is 2.67 bits per heavy atom. The average molecular weight is 251 g/mol. The van der Waals surface area contributed by atoms with Crippen molar-refractivity contribution in [2.75, 3.05) is 5.73 Å². The second-order valence-electron chi connectivity index (χ2n) is 5.50. The van der Waals surface area contributed by atoms with Gasteiger partial charge in [0, 0.05) is 6.20 Å². The molecule has 2 unspecified atom stereocenters. The van der Waals surface area contributed by atoms with Gasteiger partial charge in [0.2, 0.25) is 0 Å². The fraction of sp³-hybridized carbons (Fsp3) is 0.692. The monoisotopic (exact) mass is 251 g/mol. The highest BCUT2D eigenvalue weighted by atomic mass is 16.5. The normalized spacial score (nSPS) is 28.0. The third-order valence-electron chi connectivity index (χ3n) is 3.38. The predicted molar refractivity (Wildman–Crippen MR) is 68.7 cm³/mol. The van der Waals surface area contributed by atoms with Crippen LogP contribution in [0.15, 0.2) is 12.4 Å². The zero-order valence-electron chi connectivity index (χ0n) is 11.0. The van der Waals surface area contributed by atoms with Gasteiger partial charge in [-0.05, 0) is 31.1 Å². The van der Waals surface area contributed by atoms with E-state index < -0.39 is 0 Å². The highest BCUT2D eigenvalue weighted by Crippen LogP contribution is 2.30. The molecular formula is C13H21N3O2. The minimum atomic E-state index is -0.232. The second-order valence-corrected chi connectivity index (χ2v) is 5.50. The Kier molecular flexibility index (Phi) is 3.89. The number of carbonyl (C=O) groups excluding carboxylic acids is 1. The maximum atomic E-state index is 11.8. The van der Waals surface area contributed by atoms with Crippen LogP contribution in [0.3, 0.4) is 0 Å². The first kappa shape index (κ1) is 12.9. The minimum absolute atomic E-state index is 0.0594. The lowest BCUT2D eigenvalue weighted by Crippen LogP contribution is -2.29. The van der Waals surface area contributed by atoms with Crippen LogP contribution < -0.4 is 5.73 Å². The van der Waals surface area contributed by atoms with Gasteiger partial charge in [-0.15, -0.1) is 0 Å². The number of esters is 1. The summed E-state index contributed by atoms with van der Waals surface area (Å²) in [7, 11) is 0. The average Bonchev–Trinajstić information content (AvgIpc) is 2.61. The van der Waals surface area contributed by atoms with Crippen molar-refractivity contribution in [3.63, 3.8) is 0 Å². The fourth-order valence-electron chi connectivity index (χ4n) is 2.79. The SMILES string of the molecule is CC1CC(C)CC(OC(=O)Cn2cc(N)cn2)C1. The van der Waals surface area contributed by atoms with Crippen LogP contribution in [0.1, 0.15) is 33.1 Å². The Hall–Kier alpha value is -1.52. The summed E-state index contributed by atoms with van der Waals surface area (Å²) in [5.74, 6) is 1.03. The zero-order chi connectivity index (χ0) is 13.1. The van der Waals surface area contributed by atoms with Crippen LogP contribution in [0.5, 0.6) is 0 Å². The first-order chi connectivity index (χ1) is 8.52. The number of hydrogen-bond donors (Lipinski definition) is 1. The molecule has 1 aliphatic rings. The first-order valence-electron chi connectivity index (χ1n) is 6.50. The van der Waals surface area contributed by atoms with E-state index in [1.54, 1.807) is 6.20 Å².